The fraction of sp³-hybridized carbons (Fsp3) is 1.00. The Morgan fingerprint density at radius 2 is 1.67 bits per heavy atom. The van der Waals surface area contributed by atoms with Gasteiger partial charge in [0.15, 0.2) is 0 Å². The third-order valence-corrected chi connectivity index (χ3v) is 1.62. The zero-order chi connectivity index (χ0) is 4.20. The Kier molecular flexibility index (Phi) is 0.265. The SMILES string of the molecule is C[N+]12CN(C1)C2. The van der Waals surface area contributed by atoms with Gasteiger partial charge in [0.25, 0.3) is 0 Å². The fourth-order valence-corrected chi connectivity index (χ4v) is 1.32. The largest absolute Gasteiger partial charge is 0.288 e. The van der Waals surface area contributed by atoms with E-state index in [9.17, 15) is 0 Å². The van der Waals surface area contributed by atoms with Gasteiger partial charge in [-0.2, -0.15) is 4.90 Å². The van der Waals surface area contributed by atoms with Crippen molar-refractivity contribution in [2.45, 2.75) is 0 Å². The normalized spacial score (nSPS) is 62.5. The van der Waals surface area contributed by atoms with Crippen LogP contribution in [0, 0.1) is 0 Å². The number of quaternary nitrogens is 1. The molecular weight excluding hydrogens is 76.1 g/mol. The Morgan fingerprint density at radius 1 is 1.33 bits per heavy atom. The van der Waals surface area contributed by atoms with Gasteiger partial charge in [0.05, 0.1) is 7.05 Å². The fourth-order valence-electron chi connectivity index (χ4n) is 1.32. The Hall–Kier alpha value is -0.0800. The third-order valence-electron chi connectivity index (χ3n) is 1.62. The monoisotopic (exact) mass is 85.1 g/mol. The number of rotatable bonds is 0. The van der Waals surface area contributed by atoms with Crippen LogP contribution in [0.4, 0.5) is 0 Å². The highest BCUT2D eigenvalue weighted by molar-refractivity contribution is 4.62. The van der Waals surface area contributed by atoms with Crippen LogP contribution in [-0.2, 0) is 0 Å². The van der Waals surface area contributed by atoms with E-state index in [-0.39, 0.29) is 0 Å². The Bertz CT molecular complexity index is 72.5. The highest BCUT2D eigenvalue weighted by Gasteiger charge is 2.52. The summed E-state index contributed by atoms with van der Waals surface area (Å²) in [6.45, 7) is 3.96. The van der Waals surface area contributed by atoms with Crippen molar-refractivity contribution in [1.82, 2.24) is 4.90 Å². The standard InChI is InChI=1S/C4H9N2/c1-6-2-5(3-6)4-6/h2-4H2,1H3/q+1. The van der Waals surface area contributed by atoms with Crippen LogP contribution >= 0.6 is 0 Å². The van der Waals surface area contributed by atoms with Crippen molar-refractivity contribution in [3.05, 3.63) is 0 Å². The lowest BCUT2D eigenvalue weighted by Gasteiger charge is -2.61. The molecule has 2 heteroatoms. The summed E-state index contributed by atoms with van der Waals surface area (Å²) >= 11 is 0. The summed E-state index contributed by atoms with van der Waals surface area (Å²) in [7, 11) is 2.29. The Labute approximate surface area is 37.6 Å². The van der Waals surface area contributed by atoms with Gasteiger partial charge in [-0.3, -0.25) is 4.48 Å². The molecule has 0 atom stereocenters. The van der Waals surface area contributed by atoms with E-state index in [1.54, 1.807) is 0 Å². The van der Waals surface area contributed by atoms with E-state index in [2.05, 4.69) is 11.9 Å². The molecule has 0 saturated carbocycles. The highest BCUT2D eigenvalue weighted by atomic mass is 15.8. The summed E-state index contributed by atoms with van der Waals surface area (Å²) < 4.78 is 1.32. The molecule has 3 fully saturated rings. The van der Waals surface area contributed by atoms with Crippen LogP contribution in [0.3, 0.4) is 0 Å². The maximum atomic E-state index is 2.43. The van der Waals surface area contributed by atoms with Gasteiger partial charge >= 0.3 is 0 Å². The zero-order valence-electron chi connectivity index (χ0n) is 4.02. The molecule has 0 aromatic rings. The number of hydrogen-bond donors (Lipinski definition) is 0. The molecule has 0 aromatic carbocycles. The van der Waals surface area contributed by atoms with Crippen LogP contribution in [0.1, 0.15) is 0 Å². The molecule has 3 aliphatic rings. The van der Waals surface area contributed by atoms with Crippen LogP contribution in [0.5, 0.6) is 0 Å². The molecule has 2 nitrogen and oxygen atoms in total. The van der Waals surface area contributed by atoms with Gasteiger partial charge in [-0.25, -0.2) is 0 Å². The van der Waals surface area contributed by atoms with E-state index in [1.165, 1.54) is 24.5 Å². The molecule has 0 N–H and O–H groups in total. The lowest BCUT2D eigenvalue weighted by Crippen LogP contribution is -2.82. The Balaban J connectivity index is 2.19. The molecule has 0 aliphatic carbocycles. The summed E-state index contributed by atoms with van der Waals surface area (Å²) in [4.78, 5) is 2.43. The van der Waals surface area contributed by atoms with E-state index < -0.39 is 0 Å². The third kappa shape index (κ3) is 0.150. The highest BCUT2D eigenvalue weighted by Crippen LogP contribution is 2.29. The lowest BCUT2D eigenvalue weighted by molar-refractivity contribution is -1.07. The van der Waals surface area contributed by atoms with Gasteiger partial charge in [-0.05, 0) is 0 Å². The summed E-state index contributed by atoms with van der Waals surface area (Å²) in [5.74, 6) is 0. The number of hydrogen-bond acceptors (Lipinski definition) is 1. The van der Waals surface area contributed by atoms with Crippen LogP contribution < -0.4 is 0 Å². The molecule has 0 spiro atoms. The van der Waals surface area contributed by atoms with E-state index in [1.807, 2.05) is 0 Å². The first-order valence-corrected chi connectivity index (χ1v) is 2.34. The minimum Gasteiger partial charge on any atom is -0.288 e. The quantitative estimate of drug-likeness (QED) is 0.363. The van der Waals surface area contributed by atoms with Gasteiger partial charge in [0.2, 0.25) is 0 Å². The first-order valence-electron chi connectivity index (χ1n) is 2.34. The van der Waals surface area contributed by atoms with Crippen LogP contribution in [0.25, 0.3) is 0 Å². The molecule has 3 saturated heterocycles. The van der Waals surface area contributed by atoms with Gasteiger partial charge < -0.3 is 0 Å². The molecule has 3 rings (SSSR count). The second-order valence-corrected chi connectivity index (χ2v) is 2.71. The van der Waals surface area contributed by atoms with Gasteiger partial charge in [-0.15, -0.1) is 0 Å². The molecule has 34 valence electrons. The summed E-state index contributed by atoms with van der Waals surface area (Å²) in [6, 6.07) is 0. The molecule has 0 aromatic heterocycles. The van der Waals surface area contributed by atoms with Gasteiger partial charge in [0.1, 0.15) is 20.0 Å². The van der Waals surface area contributed by atoms with E-state index >= 15 is 0 Å². The van der Waals surface area contributed by atoms with Crippen molar-refractivity contribution in [3.8, 4) is 0 Å². The summed E-state index contributed by atoms with van der Waals surface area (Å²) in [6.07, 6.45) is 0. The maximum Gasteiger partial charge on any atom is 0.146 e. The Morgan fingerprint density at radius 3 is 1.67 bits per heavy atom. The molecule has 0 amide bonds. The zero-order valence-corrected chi connectivity index (χ0v) is 4.02. The molecule has 0 unspecified atom stereocenters. The van der Waals surface area contributed by atoms with Crippen LogP contribution in [-0.4, -0.2) is 36.4 Å². The number of nitrogens with zero attached hydrogens (tertiary/aromatic N) is 2. The molecule has 3 aliphatic heterocycles. The van der Waals surface area contributed by atoms with E-state index in [4.69, 9.17) is 0 Å². The van der Waals surface area contributed by atoms with Crippen molar-refractivity contribution in [2.75, 3.05) is 27.1 Å². The van der Waals surface area contributed by atoms with Crippen LogP contribution in [0.2, 0.25) is 0 Å². The smallest absolute Gasteiger partial charge is 0.146 e. The van der Waals surface area contributed by atoms with E-state index in [0.717, 1.165) is 0 Å². The van der Waals surface area contributed by atoms with Crippen molar-refractivity contribution < 1.29 is 4.48 Å². The minimum atomic E-state index is 1.32. The first-order chi connectivity index (χ1) is 2.79. The molecular formula is C4H9N2+. The average Bonchev–Trinajstić information content (AvgIpc) is 1.24. The molecule has 2 bridgehead atoms. The van der Waals surface area contributed by atoms with Gasteiger partial charge in [-0.1, -0.05) is 0 Å². The minimum absolute atomic E-state index is 1.32. The average molecular weight is 85.1 g/mol. The molecule has 3 heterocycles. The second-order valence-electron chi connectivity index (χ2n) is 2.71. The van der Waals surface area contributed by atoms with Crippen molar-refractivity contribution in [2.24, 2.45) is 0 Å². The van der Waals surface area contributed by atoms with Crippen molar-refractivity contribution in [3.63, 3.8) is 0 Å². The first kappa shape index (κ1) is 2.99. The predicted octanol–water partition coefficient (Wildman–Crippen LogP) is -0.365. The summed E-state index contributed by atoms with van der Waals surface area (Å²) in [5, 5.41) is 0. The maximum absolute atomic E-state index is 2.43. The topological polar surface area (TPSA) is 3.24 Å². The van der Waals surface area contributed by atoms with Crippen molar-refractivity contribution in [1.29, 1.82) is 0 Å². The molecule has 6 heavy (non-hydrogen) atoms. The predicted molar refractivity (Wildman–Crippen MR) is 22.6 cm³/mol. The van der Waals surface area contributed by atoms with Crippen molar-refractivity contribution >= 4 is 0 Å². The second kappa shape index (κ2) is 0.532. The van der Waals surface area contributed by atoms with Crippen LogP contribution in [0.15, 0.2) is 0 Å². The molecule has 0 radical (unpaired) electrons. The lowest BCUT2D eigenvalue weighted by atomic mass is 10.3. The van der Waals surface area contributed by atoms with Gasteiger partial charge in [0, 0.05) is 0 Å². The van der Waals surface area contributed by atoms with E-state index in [0.29, 0.717) is 0 Å². The summed E-state index contributed by atoms with van der Waals surface area (Å²) in [5.41, 5.74) is 0.